The minimum atomic E-state index is -0.375. The largest absolute Gasteiger partial charge is 0.296 e. The first-order valence-corrected chi connectivity index (χ1v) is 9.47. The molecule has 0 aromatic heterocycles. The summed E-state index contributed by atoms with van der Waals surface area (Å²) in [5, 5.41) is 2.97. The van der Waals surface area contributed by atoms with E-state index in [2.05, 4.69) is 5.32 Å². The number of anilines is 1. The molecule has 2 aliphatic heterocycles. The lowest BCUT2D eigenvalue weighted by Crippen LogP contribution is -2.31. The molecule has 0 radical (unpaired) electrons. The van der Waals surface area contributed by atoms with Crippen LogP contribution in [0.15, 0.2) is 12.1 Å². The van der Waals surface area contributed by atoms with Gasteiger partial charge in [0.05, 0.1) is 15.7 Å². The Balaban J connectivity index is 0.000000244. The summed E-state index contributed by atoms with van der Waals surface area (Å²) in [7, 11) is 0. The van der Waals surface area contributed by atoms with Crippen LogP contribution in [-0.4, -0.2) is 23.6 Å². The summed E-state index contributed by atoms with van der Waals surface area (Å²) < 4.78 is 0. The fourth-order valence-corrected chi connectivity index (χ4v) is 3.70. The summed E-state index contributed by atoms with van der Waals surface area (Å²) in [6.45, 7) is 6.93. The molecule has 0 aliphatic carbocycles. The summed E-state index contributed by atoms with van der Waals surface area (Å²) >= 11 is 17.9. The zero-order valence-electron chi connectivity index (χ0n) is 15.2. The van der Waals surface area contributed by atoms with E-state index in [-0.39, 0.29) is 63.0 Å². The van der Waals surface area contributed by atoms with Crippen LogP contribution in [0.3, 0.4) is 0 Å². The van der Waals surface area contributed by atoms with Crippen LogP contribution in [0.1, 0.15) is 27.7 Å². The second kappa shape index (κ2) is 8.17. The molecule has 4 atom stereocenters. The molecule has 1 aromatic rings. The van der Waals surface area contributed by atoms with Gasteiger partial charge in [-0.2, -0.15) is 0 Å². The summed E-state index contributed by atoms with van der Waals surface area (Å²) in [6, 6.07) is 2.91. The fraction of sp³-hybridized carbons (Fsp3) is 0.444. The van der Waals surface area contributed by atoms with Crippen molar-refractivity contribution < 1.29 is 19.2 Å². The third-order valence-electron chi connectivity index (χ3n) is 5.00. The smallest absolute Gasteiger partial charge is 0.237 e. The number of nitrogens with one attached hydrogen (secondary N) is 1. The SMILES string of the molecule is CC1C(=O)N(c2c(Cl)cc(Cl)cc2Cl)C(=O)C1C.CC1C(=O)NC(=O)C1C. The minimum Gasteiger partial charge on any atom is -0.296 e. The first kappa shape index (κ1) is 21.7. The van der Waals surface area contributed by atoms with E-state index >= 15 is 0 Å². The Morgan fingerprint density at radius 1 is 0.741 bits per heavy atom. The number of benzene rings is 1. The van der Waals surface area contributed by atoms with E-state index in [4.69, 9.17) is 34.8 Å². The van der Waals surface area contributed by atoms with Crippen LogP contribution in [0.4, 0.5) is 5.69 Å². The van der Waals surface area contributed by atoms with Crippen LogP contribution >= 0.6 is 34.8 Å². The molecule has 2 heterocycles. The monoisotopic (exact) mass is 432 g/mol. The van der Waals surface area contributed by atoms with E-state index in [0.29, 0.717) is 5.02 Å². The van der Waals surface area contributed by atoms with Crippen LogP contribution in [-0.2, 0) is 19.2 Å². The zero-order chi connectivity index (χ0) is 20.6. The Labute approximate surface area is 172 Å². The van der Waals surface area contributed by atoms with Gasteiger partial charge in [-0.15, -0.1) is 0 Å². The maximum absolute atomic E-state index is 12.1. The van der Waals surface area contributed by atoms with Crippen molar-refractivity contribution >= 4 is 64.1 Å². The molecule has 6 nitrogen and oxygen atoms in total. The van der Waals surface area contributed by atoms with E-state index in [1.165, 1.54) is 12.1 Å². The third-order valence-corrected chi connectivity index (χ3v) is 5.79. The third kappa shape index (κ3) is 4.13. The maximum atomic E-state index is 12.1. The van der Waals surface area contributed by atoms with Gasteiger partial charge in [-0.05, 0) is 12.1 Å². The summed E-state index contributed by atoms with van der Waals surface area (Å²) in [6.07, 6.45) is 0. The molecule has 2 aliphatic rings. The highest BCUT2D eigenvalue weighted by Gasteiger charge is 2.44. The van der Waals surface area contributed by atoms with E-state index in [1.54, 1.807) is 27.7 Å². The van der Waals surface area contributed by atoms with Crippen LogP contribution in [0.5, 0.6) is 0 Å². The van der Waals surface area contributed by atoms with Gasteiger partial charge >= 0.3 is 0 Å². The highest BCUT2D eigenvalue weighted by atomic mass is 35.5. The van der Waals surface area contributed by atoms with Crippen molar-refractivity contribution in [1.29, 1.82) is 0 Å². The van der Waals surface area contributed by atoms with Gasteiger partial charge in [-0.3, -0.25) is 24.5 Å². The molecule has 27 heavy (non-hydrogen) atoms. The number of carbonyl (C=O) groups is 4. The van der Waals surface area contributed by atoms with E-state index in [9.17, 15) is 19.2 Å². The van der Waals surface area contributed by atoms with Gasteiger partial charge in [0.25, 0.3) is 0 Å². The number of rotatable bonds is 1. The Kier molecular flexibility index (Phi) is 6.55. The van der Waals surface area contributed by atoms with Crippen molar-refractivity contribution in [3.05, 3.63) is 27.2 Å². The lowest BCUT2D eigenvalue weighted by atomic mass is 10.00. The van der Waals surface area contributed by atoms with Gasteiger partial charge in [0.1, 0.15) is 0 Å². The van der Waals surface area contributed by atoms with E-state index in [0.717, 1.165) is 4.90 Å². The van der Waals surface area contributed by atoms with Gasteiger partial charge in [-0.25, -0.2) is 4.90 Å². The molecule has 0 saturated carbocycles. The topological polar surface area (TPSA) is 83.6 Å². The molecular weight excluding hydrogens is 415 g/mol. The number of carbonyl (C=O) groups excluding carboxylic acids is 4. The molecule has 9 heteroatoms. The Morgan fingerprint density at radius 3 is 1.41 bits per heavy atom. The summed E-state index contributed by atoms with van der Waals surface area (Å²) in [5.74, 6) is -1.91. The first-order valence-electron chi connectivity index (χ1n) is 8.34. The maximum Gasteiger partial charge on any atom is 0.237 e. The number of imide groups is 2. The van der Waals surface area contributed by atoms with Crippen molar-refractivity contribution in [2.75, 3.05) is 4.90 Å². The second-order valence-corrected chi connectivity index (χ2v) is 7.99. The average Bonchev–Trinajstić information content (AvgIpc) is 2.91. The Bertz CT molecular complexity index is 766. The van der Waals surface area contributed by atoms with Gasteiger partial charge < -0.3 is 0 Å². The van der Waals surface area contributed by atoms with Gasteiger partial charge in [0.15, 0.2) is 0 Å². The predicted molar refractivity (Wildman–Crippen MR) is 104 cm³/mol. The normalized spacial score (nSPS) is 27.6. The molecule has 1 aromatic carbocycles. The Hall–Kier alpha value is -1.63. The standard InChI is InChI=1S/C12H10Cl3NO2.C6H9NO2/c1-5-6(2)12(18)16(11(5)17)10-8(14)3-7(13)4-9(10)15;1-3-4(2)6(9)7-5(3)8/h3-6H,1-2H3;3-4H,1-2H3,(H,7,8,9). The van der Waals surface area contributed by atoms with Crippen LogP contribution in [0, 0.1) is 23.7 Å². The number of hydrogen-bond acceptors (Lipinski definition) is 4. The lowest BCUT2D eigenvalue weighted by molar-refractivity contribution is -0.126. The van der Waals surface area contributed by atoms with Crippen molar-refractivity contribution in [1.82, 2.24) is 5.32 Å². The lowest BCUT2D eigenvalue weighted by Gasteiger charge is -2.18. The molecular formula is C18H19Cl3N2O4. The molecule has 146 valence electrons. The summed E-state index contributed by atoms with van der Waals surface area (Å²) in [4.78, 5) is 46.5. The van der Waals surface area contributed by atoms with Gasteiger partial charge in [0.2, 0.25) is 23.6 Å². The molecule has 4 unspecified atom stereocenters. The fourth-order valence-electron chi connectivity index (χ4n) is 2.72. The molecule has 4 amide bonds. The average molecular weight is 434 g/mol. The quantitative estimate of drug-likeness (QED) is 0.684. The summed E-state index contributed by atoms with van der Waals surface area (Å²) in [5.41, 5.74) is 0.217. The first-order chi connectivity index (χ1) is 12.5. The number of halogens is 3. The molecule has 2 saturated heterocycles. The minimum absolute atomic E-state index is 0.141. The van der Waals surface area contributed by atoms with Gasteiger partial charge in [-0.1, -0.05) is 62.5 Å². The molecule has 3 rings (SSSR count). The van der Waals surface area contributed by atoms with Gasteiger partial charge in [0, 0.05) is 28.7 Å². The van der Waals surface area contributed by atoms with E-state index < -0.39 is 0 Å². The zero-order valence-corrected chi connectivity index (χ0v) is 17.4. The van der Waals surface area contributed by atoms with Crippen molar-refractivity contribution in [3.63, 3.8) is 0 Å². The van der Waals surface area contributed by atoms with Crippen LogP contribution in [0.25, 0.3) is 0 Å². The molecule has 0 bridgehead atoms. The van der Waals surface area contributed by atoms with Crippen LogP contribution < -0.4 is 10.2 Å². The van der Waals surface area contributed by atoms with Crippen molar-refractivity contribution in [2.24, 2.45) is 23.7 Å². The van der Waals surface area contributed by atoms with Crippen molar-refractivity contribution in [2.45, 2.75) is 27.7 Å². The molecule has 1 N–H and O–H groups in total. The second-order valence-electron chi connectivity index (χ2n) is 6.74. The molecule has 0 spiro atoms. The molecule has 2 fully saturated rings. The highest BCUT2D eigenvalue weighted by Crippen LogP contribution is 2.41. The van der Waals surface area contributed by atoms with Crippen molar-refractivity contribution in [3.8, 4) is 0 Å². The highest BCUT2D eigenvalue weighted by molar-refractivity contribution is 6.44. The van der Waals surface area contributed by atoms with Crippen LogP contribution in [0.2, 0.25) is 15.1 Å². The predicted octanol–water partition coefficient (Wildman–Crippen LogP) is 3.71. The number of nitrogens with zero attached hydrogens (tertiary/aromatic N) is 1. The number of hydrogen-bond donors (Lipinski definition) is 1. The Morgan fingerprint density at radius 2 is 1.11 bits per heavy atom. The van der Waals surface area contributed by atoms with E-state index in [1.807, 2.05) is 0 Å². The number of amides is 4.